The summed E-state index contributed by atoms with van der Waals surface area (Å²) in [7, 11) is 7.14. The van der Waals surface area contributed by atoms with Crippen molar-refractivity contribution in [2.75, 3.05) is 51.2 Å². The maximum Gasteiger partial charge on any atom is 0.321 e. The minimum atomic E-state index is 0.0483. The van der Waals surface area contributed by atoms with E-state index in [1.54, 1.807) is 14.2 Å². The lowest BCUT2D eigenvalue weighted by molar-refractivity contribution is 0.328. The molecule has 1 fully saturated rings. The van der Waals surface area contributed by atoms with Crippen molar-refractivity contribution < 1.29 is 9.47 Å². The van der Waals surface area contributed by atoms with Gasteiger partial charge in [0.2, 0.25) is 11.8 Å². The number of hydrogen-bond donors (Lipinski definition) is 0. The van der Waals surface area contributed by atoms with E-state index < -0.39 is 0 Å². The Bertz CT molecular complexity index is 817. The van der Waals surface area contributed by atoms with E-state index in [0.717, 1.165) is 50.5 Å². The molecule has 0 saturated carbocycles. The van der Waals surface area contributed by atoms with E-state index in [2.05, 4.69) is 19.9 Å². The normalized spacial score (nSPS) is 21.3. The van der Waals surface area contributed by atoms with Crippen LogP contribution < -0.4 is 19.3 Å². The van der Waals surface area contributed by atoms with E-state index in [0.29, 0.717) is 11.9 Å². The summed E-state index contributed by atoms with van der Waals surface area (Å²) < 4.78 is 10.6. The first-order valence-corrected chi connectivity index (χ1v) is 9.30. The predicted octanol–water partition coefficient (Wildman–Crippen LogP) is 1.83. The number of aryl methyl sites for hydroxylation is 1. The molecule has 0 N–H and O–H groups in total. The Hall–Kier alpha value is -2.64. The summed E-state index contributed by atoms with van der Waals surface area (Å²) in [5.41, 5.74) is 2.53. The number of aromatic nitrogens is 4. The van der Waals surface area contributed by atoms with Crippen LogP contribution in [0.5, 0.6) is 11.9 Å². The Balaban J connectivity index is 1.68. The molecule has 2 aromatic heterocycles. The van der Waals surface area contributed by atoms with Gasteiger partial charge in [0, 0.05) is 44.9 Å². The number of rotatable bonds is 4. The summed E-state index contributed by atoms with van der Waals surface area (Å²) in [5.74, 6) is 2.13. The molecule has 2 aromatic rings. The van der Waals surface area contributed by atoms with Crippen LogP contribution in [0.15, 0.2) is 12.3 Å². The van der Waals surface area contributed by atoms with Crippen molar-refractivity contribution in [2.24, 2.45) is 0 Å². The number of methoxy groups -OCH3 is 2. The molecule has 8 heteroatoms. The molecule has 0 amide bonds. The minimum absolute atomic E-state index is 0.0483. The van der Waals surface area contributed by atoms with E-state index in [1.165, 1.54) is 11.3 Å². The van der Waals surface area contributed by atoms with Crippen LogP contribution in [0.3, 0.4) is 0 Å². The van der Waals surface area contributed by atoms with Gasteiger partial charge in [-0.25, -0.2) is 9.97 Å². The smallest absolute Gasteiger partial charge is 0.321 e. The Morgan fingerprint density at radius 3 is 2.70 bits per heavy atom. The predicted molar refractivity (Wildman–Crippen MR) is 103 cm³/mol. The monoisotopic (exact) mass is 370 g/mol. The summed E-state index contributed by atoms with van der Waals surface area (Å²) >= 11 is 0. The summed E-state index contributed by atoms with van der Waals surface area (Å²) in [4.78, 5) is 22.5. The van der Waals surface area contributed by atoms with Crippen LogP contribution in [0.4, 0.5) is 11.8 Å². The van der Waals surface area contributed by atoms with Gasteiger partial charge < -0.3 is 19.3 Å². The Morgan fingerprint density at radius 1 is 1.11 bits per heavy atom. The maximum atomic E-state index is 5.32. The molecular formula is C19H26N6O2. The van der Waals surface area contributed by atoms with Crippen molar-refractivity contribution in [3.05, 3.63) is 23.5 Å². The van der Waals surface area contributed by atoms with Crippen LogP contribution in [-0.2, 0) is 11.8 Å². The van der Waals surface area contributed by atoms with Gasteiger partial charge in [-0.1, -0.05) is 0 Å². The van der Waals surface area contributed by atoms with Gasteiger partial charge in [-0.05, 0) is 31.2 Å². The SMILES string of the molecule is COc1cc(N2CCCC3(CCc4cnc(N(C)C)nc43)C2)nc(OC)n1. The average Bonchev–Trinajstić information content (AvgIpc) is 3.04. The number of hydrogen-bond acceptors (Lipinski definition) is 8. The molecule has 27 heavy (non-hydrogen) atoms. The molecule has 2 aliphatic rings. The fraction of sp³-hybridized carbons (Fsp3) is 0.579. The molecule has 1 saturated heterocycles. The minimum Gasteiger partial charge on any atom is -0.481 e. The fourth-order valence-corrected chi connectivity index (χ4v) is 4.22. The maximum absolute atomic E-state index is 5.32. The molecule has 1 unspecified atom stereocenters. The van der Waals surface area contributed by atoms with Crippen molar-refractivity contribution in [2.45, 2.75) is 31.1 Å². The highest BCUT2D eigenvalue weighted by atomic mass is 16.5. The molecule has 1 aliphatic carbocycles. The van der Waals surface area contributed by atoms with Crippen LogP contribution in [0.1, 0.15) is 30.5 Å². The van der Waals surface area contributed by atoms with Crippen molar-refractivity contribution in [3.63, 3.8) is 0 Å². The zero-order valence-electron chi connectivity index (χ0n) is 16.4. The third-order valence-corrected chi connectivity index (χ3v) is 5.59. The number of fused-ring (bicyclic) bond motifs is 2. The van der Waals surface area contributed by atoms with Crippen LogP contribution >= 0.6 is 0 Å². The zero-order valence-corrected chi connectivity index (χ0v) is 16.4. The first-order chi connectivity index (χ1) is 13.0. The molecular weight excluding hydrogens is 344 g/mol. The molecule has 0 radical (unpaired) electrons. The number of ether oxygens (including phenoxy) is 2. The van der Waals surface area contributed by atoms with Crippen LogP contribution in [0.25, 0.3) is 0 Å². The fourth-order valence-electron chi connectivity index (χ4n) is 4.22. The molecule has 1 spiro atoms. The Morgan fingerprint density at radius 2 is 1.96 bits per heavy atom. The number of anilines is 2. The van der Waals surface area contributed by atoms with Crippen molar-refractivity contribution in [3.8, 4) is 11.9 Å². The molecule has 1 atom stereocenters. The Kier molecular flexibility index (Phi) is 4.49. The molecule has 144 valence electrons. The van der Waals surface area contributed by atoms with E-state index >= 15 is 0 Å². The van der Waals surface area contributed by atoms with Crippen LogP contribution in [0, 0.1) is 0 Å². The molecule has 0 bridgehead atoms. The van der Waals surface area contributed by atoms with Gasteiger partial charge in [0.15, 0.2) is 0 Å². The lowest BCUT2D eigenvalue weighted by Gasteiger charge is -2.41. The second-order valence-corrected chi connectivity index (χ2v) is 7.50. The topological polar surface area (TPSA) is 76.5 Å². The van der Waals surface area contributed by atoms with E-state index in [1.807, 2.05) is 31.3 Å². The van der Waals surface area contributed by atoms with Gasteiger partial charge in [-0.3, -0.25) is 0 Å². The highest BCUT2D eigenvalue weighted by molar-refractivity contribution is 5.47. The van der Waals surface area contributed by atoms with Gasteiger partial charge in [-0.15, -0.1) is 0 Å². The van der Waals surface area contributed by atoms with Crippen molar-refractivity contribution >= 4 is 11.8 Å². The lowest BCUT2D eigenvalue weighted by Crippen LogP contribution is -2.46. The molecule has 3 heterocycles. The third kappa shape index (κ3) is 3.13. The summed E-state index contributed by atoms with van der Waals surface area (Å²) in [6, 6.07) is 2.20. The first kappa shape index (κ1) is 17.8. The van der Waals surface area contributed by atoms with Gasteiger partial charge >= 0.3 is 6.01 Å². The number of nitrogens with zero attached hydrogens (tertiary/aromatic N) is 6. The second-order valence-electron chi connectivity index (χ2n) is 7.50. The van der Waals surface area contributed by atoms with Gasteiger partial charge in [0.1, 0.15) is 5.82 Å². The third-order valence-electron chi connectivity index (χ3n) is 5.59. The van der Waals surface area contributed by atoms with Crippen LogP contribution in [0.2, 0.25) is 0 Å². The van der Waals surface area contributed by atoms with E-state index in [9.17, 15) is 0 Å². The Labute approximate surface area is 159 Å². The summed E-state index contributed by atoms with van der Waals surface area (Å²) in [5, 5.41) is 0. The quantitative estimate of drug-likeness (QED) is 0.807. The van der Waals surface area contributed by atoms with Crippen molar-refractivity contribution in [1.29, 1.82) is 0 Å². The van der Waals surface area contributed by atoms with Gasteiger partial charge in [-0.2, -0.15) is 9.97 Å². The molecule has 8 nitrogen and oxygen atoms in total. The van der Waals surface area contributed by atoms with Crippen molar-refractivity contribution in [1.82, 2.24) is 19.9 Å². The second kappa shape index (κ2) is 6.83. The molecule has 1 aliphatic heterocycles. The van der Waals surface area contributed by atoms with E-state index in [-0.39, 0.29) is 5.41 Å². The number of piperidine rings is 1. The first-order valence-electron chi connectivity index (χ1n) is 9.30. The standard InChI is InChI=1S/C19H26N6O2/c1-24(2)17-20-11-13-6-8-19(16(13)23-17)7-5-9-25(12-19)14-10-15(26-3)22-18(21-14)27-4/h10-11H,5-9,12H2,1-4H3. The van der Waals surface area contributed by atoms with E-state index in [4.69, 9.17) is 14.5 Å². The highest BCUT2D eigenvalue weighted by Gasteiger charge is 2.44. The zero-order chi connectivity index (χ0) is 19.0. The summed E-state index contributed by atoms with van der Waals surface area (Å²) in [6.45, 7) is 1.83. The van der Waals surface area contributed by atoms with Gasteiger partial charge in [0.25, 0.3) is 0 Å². The largest absolute Gasteiger partial charge is 0.481 e. The summed E-state index contributed by atoms with van der Waals surface area (Å²) in [6.07, 6.45) is 6.37. The molecule has 4 rings (SSSR count). The lowest BCUT2D eigenvalue weighted by atomic mass is 9.77. The highest BCUT2D eigenvalue weighted by Crippen LogP contribution is 2.45. The van der Waals surface area contributed by atoms with Crippen LogP contribution in [-0.4, -0.2) is 61.3 Å². The van der Waals surface area contributed by atoms with Gasteiger partial charge in [0.05, 0.1) is 19.9 Å². The molecule has 0 aromatic carbocycles. The average molecular weight is 370 g/mol.